The van der Waals surface area contributed by atoms with E-state index in [1.807, 2.05) is 0 Å². The summed E-state index contributed by atoms with van der Waals surface area (Å²) in [5.41, 5.74) is 6.62. The molecule has 3 rings (SSSR count). The van der Waals surface area contributed by atoms with Gasteiger partial charge in [-0.05, 0) is 33.3 Å². The van der Waals surface area contributed by atoms with Crippen molar-refractivity contribution in [2.45, 2.75) is 45.7 Å². The number of nitrogens with zero attached hydrogens (tertiary/aromatic N) is 3. The maximum absolute atomic E-state index is 13.4. The second-order valence-electron chi connectivity index (χ2n) is 8.09. The lowest BCUT2D eigenvalue weighted by Gasteiger charge is -2.30. The molecule has 3 N–H and O–H groups in total. The van der Waals surface area contributed by atoms with Crippen LogP contribution in [0.4, 0.5) is 11.4 Å². The van der Waals surface area contributed by atoms with Gasteiger partial charge in [-0.1, -0.05) is 12.1 Å². The minimum atomic E-state index is -0.863. The van der Waals surface area contributed by atoms with Crippen LogP contribution in [0.1, 0.15) is 44.7 Å². The summed E-state index contributed by atoms with van der Waals surface area (Å²) in [7, 11) is 0. The van der Waals surface area contributed by atoms with E-state index in [0.29, 0.717) is 16.9 Å². The molecule has 10 nitrogen and oxygen atoms in total. The third-order valence-corrected chi connectivity index (χ3v) is 4.85. The molecule has 1 aromatic carbocycles. The number of hydrogen-bond acceptors (Lipinski definition) is 8. The Hall–Kier alpha value is -3.53. The number of nitro benzene ring substituents is 1. The van der Waals surface area contributed by atoms with Crippen LogP contribution in [0.15, 0.2) is 46.5 Å². The molecule has 0 radical (unpaired) electrons. The third kappa shape index (κ3) is 4.48. The first-order valence-electron chi connectivity index (χ1n) is 9.81. The Balaban J connectivity index is 2.29. The van der Waals surface area contributed by atoms with Crippen LogP contribution >= 0.6 is 0 Å². The molecule has 0 fully saturated rings. The van der Waals surface area contributed by atoms with E-state index in [1.165, 1.54) is 29.1 Å². The number of benzene rings is 1. The first kappa shape index (κ1) is 22.2. The predicted octanol–water partition coefficient (Wildman–Crippen LogP) is 2.28. The number of nitrogens with one attached hydrogen (secondary N) is 1. The summed E-state index contributed by atoms with van der Waals surface area (Å²) in [6.07, 6.45) is 1.50. The van der Waals surface area contributed by atoms with Crippen molar-refractivity contribution in [2.24, 2.45) is 5.73 Å². The molecule has 1 unspecified atom stereocenters. The molecule has 2 aromatic rings. The fraction of sp³-hybridized carbons (Fsp3) is 0.381. The molecule has 0 spiro atoms. The first-order valence-corrected chi connectivity index (χ1v) is 9.81. The summed E-state index contributed by atoms with van der Waals surface area (Å²) in [4.78, 5) is 37.1. The van der Waals surface area contributed by atoms with E-state index < -0.39 is 27.9 Å². The second-order valence-corrected chi connectivity index (χ2v) is 8.09. The summed E-state index contributed by atoms with van der Waals surface area (Å²) in [5, 5.41) is 18.6. The molecule has 1 aliphatic heterocycles. The molecule has 0 amide bonds. The molecule has 2 heterocycles. The first-order chi connectivity index (χ1) is 14.5. The van der Waals surface area contributed by atoms with Crippen molar-refractivity contribution in [3.05, 3.63) is 73.3 Å². The topological polar surface area (TPSA) is 142 Å². The Labute approximate surface area is 178 Å². The van der Waals surface area contributed by atoms with E-state index in [-0.39, 0.29) is 30.0 Å². The van der Waals surface area contributed by atoms with Gasteiger partial charge < -0.3 is 15.8 Å². The van der Waals surface area contributed by atoms with Crippen molar-refractivity contribution in [3.63, 3.8) is 0 Å². The number of fused-ring (bicyclic) bond motifs is 1. The lowest BCUT2D eigenvalue weighted by atomic mass is 9.81. The Kier molecular flexibility index (Phi) is 5.94. The number of non-ortho nitro benzene ring substituents is 1. The van der Waals surface area contributed by atoms with Crippen molar-refractivity contribution in [1.82, 2.24) is 9.78 Å². The number of aromatic nitrogens is 2. The molecule has 0 saturated carbocycles. The number of anilines is 1. The summed E-state index contributed by atoms with van der Waals surface area (Å²) < 4.78 is 6.48. The Bertz CT molecular complexity index is 1130. The summed E-state index contributed by atoms with van der Waals surface area (Å²) in [6.45, 7) is 7.20. The van der Waals surface area contributed by atoms with E-state index in [1.54, 1.807) is 33.8 Å². The summed E-state index contributed by atoms with van der Waals surface area (Å²) in [6, 6.07) is 5.89. The van der Waals surface area contributed by atoms with E-state index in [4.69, 9.17) is 10.5 Å². The van der Waals surface area contributed by atoms with E-state index in [2.05, 4.69) is 10.4 Å². The smallest absolute Gasteiger partial charge is 0.336 e. The molecular formula is C21H25N5O5. The zero-order valence-electron chi connectivity index (χ0n) is 17.8. The standard InChI is InChI=1S/C21H25N5O5/c1-5-31-20(28)16-12(2)24-15-10-23-25(11-21(3,4)22)19(27)18(15)17(16)13-7-6-8-14(9-13)26(29)30/h6-10,17,24H,5,11,22H2,1-4H3. The number of carbonyl (C=O) groups is 1. The van der Waals surface area contributed by atoms with Crippen LogP contribution in [0.2, 0.25) is 0 Å². The second kappa shape index (κ2) is 8.31. The van der Waals surface area contributed by atoms with Crippen LogP contribution in [-0.2, 0) is 16.1 Å². The number of ether oxygens (including phenoxy) is 1. The van der Waals surface area contributed by atoms with E-state index in [0.717, 1.165) is 0 Å². The SMILES string of the molecule is CCOC(=O)C1=C(C)Nc2cnn(CC(C)(C)N)c(=O)c2C1c1cccc([N+](=O)[O-])c1. The average molecular weight is 427 g/mol. The molecule has 1 aromatic heterocycles. The Morgan fingerprint density at radius 3 is 2.74 bits per heavy atom. The molecule has 10 heteroatoms. The van der Waals surface area contributed by atoms with Crippen LogP contribution < -0.4 is 16.6 Å². The fourth-order valence-corrected chi connectivity index (χ4v) is 3.64. The predicted molar refractivity (Wildman–Crippen MR) is 115 cm³/mol. The number of esters is 1. The molecule has 31 heavy (non-hydrogen) atoms. The Morgan fingerprint density at radius 1 is 1.42 bits per heavy atom. The van der Waals surface area contributed by atoms with Gasteiger partial charge in [-0.15, -0.1) is 0 Å². The highest BCUT2D eigenvalue weighted by Gasteiger charge is 2.37. The zero-order valence-corrected chi connectivity index (χ0v) is 17.8. The molecule has 0 bridgehead atoms. The van der Waals surface area contributed by atoms with Crippen LogP contribution in [0.3, 0.4) is 0 Å². The molecular weight excluding hydrogens is 402 g/mol. The number of carbonyl (C=O) groups excluding carboxylic acids is 1. The third-order valence-electron chi connectivity index (χ3n) is 4.85. The monoisotopic (exact) mass is 427 g/mol. The zero-order chi connectivity index (χ0) is 22.9. The molecule has 1 aliphatic rings. The number of nitro groups is 1. The maximum atomic E-state index is 13.4. The van der Waals surface area contributed by atoms with Gasteiger partial charge in [0.15, 0.2) is 0 Å². The molecule has 164 valence electrons. The van der Waals surface area contributed by atoms with Crippen molar-refractivity contribution in [2.75, 3.05) is 11.9 Å². The van der Waals surface area contributed by atoms with Crippen LogP contribution in [0, 0.1) is 10.1 Å². The highest BCUT2D eigenvalue weighted by Crippen LogP contribution is 2.41. The minimum Gasteiger partial charge on any atom is -0.463 e. The van der Waals surface area contributed by atoms with Gasteiger partial charge in [0.25, 0.3) is 11.2 Å². The fourth-order valence-electron chi connectivity index (χ4n) is 3.64. The van der Waals surface area contributed by atoms with E-state index >= 15 is 0 Å². The molecule has 0 saturated heterocycles. The van der Waals surface area contributed by atoms with Crippen molar-refractivity contribution >= 4 is 17.3 Å². The highest BCUT2D eigenvalue weighted by atomic mass is 16.6. The lowest BCUT2D eigenvalue weighted by molar-refractivity contribution is -0.384. The van der Waals surface area contributed by atoms with Gasteiger partial charge in [0, 0.05) is 23.4 Å². The van der Waals surface area contributed by atoms with Gasteiger partial charge in [-0.25, -0.2) is 9.48 Å². The van der Waals surface area contributed by atoms with Crippen molar-refractivity contribution in [3.8, 4) is 0 Å². The number of nitrogens with two attached hydrogens (primary N) is 1. The molecule has 0 aliphatic carbocycles. The number of hydrogen-bond donors (Lipinski definition) is 2. The summed E-state index contributed by atoms with van der Waals surface area (Å²) >= 11 is 0. The normalized spacial score (nSPS) is 15.8. The molecule has 1 atom stereocenters. The van der Waals surface area contributed by atoms with Crippen LogP contribution in [0.5, 0.6) is 0 Å². The van der Waals surface area contributed by atoms with Crippen LogP contribution in [-0.4, -0.2) is 32.8 Å². The van der Waals surface area contributed by atoms with Crippen molar-refractivity contribution in [1.29, 1.82) is 0 Å². The Morgan fingerprint density at radius 2 is 2.13 bits per heavy atom. The maximum Gasteiger partial charge on any atom is 0.336 e. The van der Waals surface area contributed by atoms with Crippen molar-refractivity contribution < 1.29 is 14.5 Å². The number of rotatable bonds is 6. The quantitative estimate of drug-likeness (QED) is 0.406. The van der Waals surface area contributed by atoms with Gasteiger partial charge in [-0.2, -0.15) is 5.10 Å². The average Bonchev–Trinajstić information content (AvgIpc) is 2.68. The number of allylic oxidation sites excluding steroid dienone is 1. The van der Waals surface area contributed by atoms with E-state index in [9.17, 15) is 19.7 Å². The lowest BCUT2D eigenvalue weighted by Crippen LogP contribution is -2.43. The van der Waals surface area contributed by atoms with Gasteiger partial charge in [0.1, 0.15) is 0 Å². The highest BCUT2D eigenvalue weighted by molar-refractivity contribution is 5.94. The van der Waals surface area contributed by atoms with Gasteiger partial charge in [0.05, 0.1) is 47.0 Å². The van der Waals surface area contributed by atoms with Gasteiger partial charge in [-0.3, -0.25) is 14.9 Å². The largest absolute Gasteiger partial charge is 0.463 e. The van der Waals surface area contributed by atoms with Gasteiger partial charge >= 0.3 is 5.97 Å². The van der Waals surface area contributed by atoms with Gasteiger partial charge in [0.2, 0.25) is 0 Å². The minimum absolute atomic E-state index is 0.143. The van der Waals surface area contributed by atoms with Crippen LogP contribution in [0.25, 0.3) is 0 Å². The summed E-state index contributed by atoms with van der Waals surface area (Å²) in [5.74, 6) is -1.46.